The first-order valence-corrected chi connectivity index (χ1v) is 9.38. The number of nitrogens with zero attached hydrogens (tertiary/aromatic N) is 2. The molecule has 1 unspecified atom stereocenters. The first-order chi connectivity index (χ1) is 14.4. The van der Waals surface area contributed by atoms with Crippen LogP contribution in [0.1, 0.15) is 17.2 Å². The van der Waals surface area contributed by atoms with E-state index in [2.05, 4.69) is 19.8 Å². The molecule has 1 aliphatic rings. The molecule has 1 aromatic heterocycles. The summed E-state index contributed by atoms with van der Waals surface area (Å²) in [6.07, 6.45) is -3.13. The van der Waals surface area contributed by atoms with E-state index in [0.29, 0.717) is 37.6 Å². The molecule has 3 aromatic rings. The smallest absolute Gasteiger partial charge is 0.406 e. The summed E-state index contributed by atoms with van der Waals surface area (Å²) < 4.78 is 61.4. The van der Waals surface area contributed by atoms with Crippen molar-refractivity contribution in [2.45, 2.75) is 12.4 Å². The predicted octanol–water partition coefficient (Wildman–Crippen LogP) is 4.54. The molecule has 0 bridgehead atoms. The van der Waals surface area contributed by atoms with E-state index in [1.807, 2.05) is 0 Å². The van der Waals surface area contributed by atoms with Crippen molar-refractivity contribution in [2.24, 2.45) is 0 Å². The molecule has 0 radical (unpaired) electrons. The van der Waals surface area contributed by atoms with Crippen molar-refractivity contribution in [1.29, 1.82) is 0 Å². The molecule has 1 fully saturated rings. The van der Waals surface area contributed by atoms with E-state index in [0.717, 1.165) is 11.1 Å². The minimum absolute atomic E-state index is 0.298. The van der Waals surface area contributed by atoms with Gasteiger partial charge in [-0.05, 0) is 29.8 Å². The second-order valence-electron chi connectivity index (χ2n) is 6.85. The Balaban J connectivity index is 1.74. The molecule has 0 amide bonds. The van der Waals surface area contributed by atoms with Gasteiger partial charge in [0.2, 0.25) is 0 Å². The Morgan fingerprint density at radius 3 is 2.40 bits per heavy atom. The summed E-state index contributed by atoms with van der Waals surface area (Å²) >= 11 is 0. The van der Waals surface area contributed by atoms with E-state index < -0.39 is 12.2 Å². The van der Waals surface area contributed by atoms with Crippen molar-refractivity contribution >= 4 is 0 Å². The van der Waals surface area contributed by atoms with Gasteiger partial charge in [0.15, 0.2) is 0 Å². The highest BCUT2D eigenvalue weighted by atomic mass is 19.4. The number of nitrogens with one attached hydrogen (secondary N) is 1. The van der Waals surface area contributed by atoms with Gasteiger partial charge in [0.1, 0.15) is 11.6 Å². The minimum atomic E-state index is -4.76. The maximum atomic E-state index is 14.4. The first-order valence-electron chi connectivity index (χ1n) is 9.38. The molecule has 30 heavy (non-hydrogen) atoms. The van der Waals surface area contributed by atoms with Crippen molar-refractivity contribution in [3.8, 4) is 17.0 Å². The summed E-state index contributed by atoms with van der Waals surface area (Å²) in [4.78, 5) is 2.14. The quantitative estimate of drug-likeness (QED) is 0.615. The number of hydrogen-bond acceptors (Lipinski definition) is 4. The molecular formula is C21H19F4N3O2. The number of aromatic amines is 1. The topological polar surface area (TPSA) is 50.4 Å². The molecule has 4 rings (SSSR count). The Morgan fingerprint density at radius 2 is 1.73 bits per heavy atom. The lowest BCUT2D eigenvalue weighted by Crippen LogP contribution is -2.39. The molecule has 0 spiro atoms. The molecule has 2 aromatic carbocycles. The normalized spacial score (nSPS) is 16.4. The molecule has 5 nitrogen and oxygen atoms in total. The van der Waals surface area contributed by atoms with Gasteiger partial charge in [-0.1, -0.05) is 24.3 Å². The lowest BCUT2D eigenvalue weighted by atomic mass is 9.94. The maximum Gasteiger partial charge on any atom is 0.573 e. The van der Waals surface area contributed by atoms with Crippen LogP contribution in [-0.2, 0) is 4.74 Å². The second-order valence-corrected chi connectivity index (χ2v) is 6.85. The van der Waals surface area contributed by atoms with Crippen LogP contribution < -0.4 is 4.74 Å². The van der Waals surface area contributed by atoms with Crippen molar-refractivity contribution in [3.63, 3.8) is 0 Å². The third-order valence-electron chi connectivity index (χ3n) is 4.95. The fourth-order valence-corrected chi connectivity index (χ4v) is 3.66. The largest absolute Gasteiger partial charge is 0.573 e. The molecule has 1 saturated heterocycles. The van der Waals surface area contributed by atoms with E-state index in [4.69, 9.17) is 4.74 Å². The van der Waals surface area contributed by atoms with Gasteiger partial charge < -0.3 is 9.47 Å². The van der Waals surface area contributed by atoms with Gasteiger partial charge in [0.25, 0.3) is 0 Å². The number of aromatic nitrogens is 2. The van der Waals surface area contributed by atoms with E-state index in [-0.39, 0.29) is 11.8 Å². The van der Waals surface area contributed by atoms with Crippen LogP contribution in [-0.4, -0.2) is 47.8 Å². The second kappa shape index (κ2) is 8.45. The number of morpholine rings is 1. The summed E-state index contributed by atoms with van der Waals surface area (Å²) in [5.74, 6) is -0.689. The predicted molar refractivity (Wildman–Crippen MR) is 101 cm³/mol. The molecule has 0 aliphatic carbocycles. The van der Waals surface area contributed by atoms with Gasteiger partial charge in [-0.2, -0.15) is 5.10 Å². The number of H-pyrrole nitrogens is 1. The van der Waals surface area contributed by atoms with Gasteiger partial charge in [-0.15, -0.1) is 13.2 Å². The highest BCUT2D eigenvalue weighted by molar-refractivity contribution is 5.65. The van der Waals surface area contributed by atoms with Crippen LogP contribution >= 0.6 is 0 Å². The summed E-state index contributed by atoms with van der Waals surface area (Å²) in [6, 6.07) is 11.7. The van der Waals surface area contributed by atoms with Gasteiger partial charge in [-0.25, -0.2) is 4.39 Å². The van der Waals surface area contributed by atoms with Crippen molar-refractivity contribution in [2.75, 3.05) is 26.3 Å². The highest BCUT2D eigenvalue weighted by Crippen LogP contribution is 2.36. The van der Waals surface area contributed by atoms with Gasteiger partial charge in [0.05, 0.1) is 31.1 Å². The van der Waals surface area contributed by atoms with E-state index in [9.17, 15) is 17.6 Å². The zero-order chi connectivity index (χ0) is 21.1. The zero-order valence-corrected chi connectivity index (χ0v) is 15.8. The van der Waals surface area contributed by atoms with Crippen LogP contribution in [0.4, 0.5) is 17.6 Å². The third-order valence-corrected chi connectivity index (χ3v) is 4.95. The Hall–Kier alpha value is -2.91. The lowest BCUT2D eigenvalue weighted by Gasteiger charge is -2.35. The summed E-state index contributed by atoms with van der Waals surface area (Å²) in [7, 11) is 0. The molecule has 2 heterocycles. The van der Waals surface area contributed by atoms with Gasteiger partial charge in [-0.3, -0.25) is 10.00 Å². The van der Waals surface area contributed by atoms with Crippen LogP contribution in [0.25, 0.3) is 11.3 Å². The Kier molecular flexibility index (Phi) is 5.74. The number of rotatable bonds is 5. The van der Waals surface area contributed by atoms with Crippen LogP contribution in [0.3, 0.4) is 0 Å². The summed E-state index contributed by atoms with van der Waals surface area (Å²) in [5.41, 5.74) is 2.37. The molecule has 9 heteroatoms. The minimum Gasteiger partial charge on any atom is -0.406 e. The standard InChI is InChI=1S/C21H19F4N3O2/c22-18-4-2-1-3-16(18)19-17(13-26-27-19)20(28-9-11-29-12-10-28)14-5-7-15(8-6-14)30-21(23,24)25/h1-8,13,20H,9-12H2,(H,26,27). The molecule has 1 N–H and O–H groups in total. The van der Waals surface area contributed by atoms with Gasteiger partial charge in [0, 0.05) is 24.2 Å². The van der Waals surface area contributed by atoms with Crippen molar-refractivity contribution < 1.29 is 27.0 Å². The molecule has 1 aliphatic heterocycles. The Morgan fingerprint density at radius 1 is 1.03 bits per heavy atom. The van der Waals surface area contributed by atoms with E-state index in [1.54, 1.807) is 36.5 Å². The molecule has 0 saturated carbocycles. The SMILES string of the molecule is Fc1ccccc1-c1[nH]ncc1C(c1ccc(OC(F)(F)F)cc1)N1CCOCC1. The fourth-order valence-electron chi connectivity index (χ4n) is 3.66. The number of halogens is 4. The number of benzene rings is 2. The molecular weight excluding hydrogens is 402 g/mol. The highest BCUT2D eigenvalue weighted by Gasteiger charge is 2.32. The van der Waals surface area contributed by atoms with Crippen LogP contribution in [0.15, 0.2) is 54.7 Å². The number of hydrogen-bond donors (Lipinski definition) is 1. The molecule has 158 valence electrons. The Bertz CT molecular complexity index is 982. The van der Waals surface area contributed by atoms with Crippen molar-refractivity contribution in [3.05, 3.63) is 71.7 Å². The first kappa shape index (κ1) is 20.4. The average molecular weight is 421 g/mol. The lowest BCUT2D eigenvalue weighted by molar-refractivity contribution is -0.274. The molecule has 1 atom stereocenters. The Labute approximate surface area is 170 Å². The van der Waals surface area contributed by atoms with Crippen LogP contribution in [0.2, 0.25) is 0 Å². The maximum absolute atomic E-state index is 14.4. The summed E-state index contributed by atoms with van der Waals surface area (Å²) in [6.45, 7) is 2.29. The van der Waals surface area contributed by atoms with E-state index in [1.165, 1.54) is 18.2 Å². The van der Waals surface area contributed by atoms with Crippen LogP contribution in [0, 0.1) is 5.82 Å². The number of ether oxygens (including phenoxy) is 2. The fraction of sp³-hybridized carbons (Fsp3) is 0.286. The van der Waals surface area contributed by atoms with Crippen LogP contribution in [0.5, 0.6) is 5.75 Å². The van der Waals surface area contributed by atoms with Gasteiger partial charge >= 0.3 is 6.36 Å². The summed E-state index contributed by atoms with van der Waals surface area (Å²) in [5, 5.41) is 7.00. The van der Waals surface area contributed by atoms with E-state index >= 15 is 0 Å². The third kappa shape index (κ3) is 4.47. The zero-order valence-electron chi connectivity index (χ0n) is 15.8. The number of alkyl halides is 3. The van der Waals surface area contributed by atoms with Crippen molar-refractivity contribution in [1.82, 2.24) is 15.1 Å². The average Bonchev–Trinajstić information content (AvgIpc) is 3.19. The monoisotopic (exact) mass is 421 g/mol.